The molecule has 12 rings (SSSR count). The molecule has 4 nitrogen and oxygen atoms in total. The van der Waals surface area contributed by atoms with Crippen molar-refractivity contribution in [1.29, 1.82) is 0 Å². The molecule has 0 spiro atoms. The summed E-state index contributed by atoms with van der Waals surface area (Å²) < 4.78 is 77.8. The summed E-state index contributed by atoms with van der Waals surface area (Å²) in [6.07, 6.45) is 7.72. The van der Waals surface area contributed by atoms with Crippen molar-refractivity contribution in [2.75, 3.05) is 0 Å². The summed E-state index contributed by atoms with van der Waals surface area (Å²) in [5, 5.41) is 0. The molecule has 0 bridgehead atoms. The Labute approximate surface area is 580 Å². The third-order valence-electron chi connectivity index (χ3n) is 17.2. The molecule has 0 fully saturated rings. The summed E-state index contributed by atoms with van der Waals surface area (Å²) in [6.45, 7) is 16.7. The van der Waals surface area contributed by atoms with Gasteiger partial charge < -0.3 is 0 Å². The van der Waals surface area contributed by atoms with Crippen LogP contribution in [0.5, 0.6) is 0 Å². The van der Waals surface area contributed by atoms with Crippen LogP contribution in [-0.4, -0.2) is 0 Å². The highest BCUT2D eigenvalue weighted by Gasteiger charge is 2.21. The van der Waals surface area contributed by atoms with Crippen LogP contribution in [0.4, 0.5) is 0 Å². The zero-order valence-electron chi connectivity index (χ0n) is 64.2. The van der Waals surface area contributed by atoms with Crippen LogP contribution >= 0.6 is 0 Å². The van der Waals surface area contributed by atoms with E-state index in [2.05, 4.69) is 237 Å². The van der Waals surface area contributed by atoms with Gasteiger partial charge in [0.15, 0.2) is 24.8 Å². The van der Waals surface area contributed by atoms with Crippen molar-refractivity contribution < 1.29 is 30.6 Å². The number of aryl methyl sites for hydroxylation is 18. The van der Waals surface area contributed by atoms with Gasteiger partial charge >= 0.3 is 0 Å². The van der Waals surface area contributed by atoms with Gasteiger partial charge in [-0.2, -0.15) is 0 Å². The first kappa shape index (κ1) is 61.8. The highest BCUT2D eigenvalue weighted by Crippen LogP contribution is 2.35. The quantitative estimate of drug-likeness (QED) is 0.135. The number of rotatable bonds is 8. The molecular formula is C90H108N4+4. The number of benzene rings is 8. The standard InChI is InChI=1S/2C22H24N.2C21H22N.4CH4/c2*1-15-13-22(23(5)14-18(15)4)21-12-16(2)20(11-17(21)3)19-9-7-6-8-10-19;2*1-15-10-11-21(22(4)14-15)20-13-19(16(2)12-17(20)3)18-8-6-5-7-9-18;;;;/h2*6-14H,1-5H3;2*5-14H,1-4H3;4*1H4/q4*+1;;;;/i4D3;;1D3,2D3;;;;;. The van der Waals surface area contributed by atoms with E-state index in [1.165, 1.54) is 106 Å². The molecule has 0 N–H and O–H groups in total. The summed E-state index contributed by atoms with van der Waals surface area (Å²) in [5.74, 6) is 0. The van der Waals surface area contributed by atoms with Gasteiger partial charge in [0, 0.05) is 81.1 Å². The first-order chi connectivity index (χ1) is 46.7. The Morgan fingerprint density at radius 2 is 0.489 bits per heavy atom. The number of hydrogen-bond donors (Lipinski definition) is 0. The Hall–Kier alpha value is -9.64. The van der Waals surface area contributed by atoms with Crippen LogP contribution in [-0.2, 0) is 28.2 Å². The molecule has 8 aromatic carbocycles. The van der Waals surface area contributed by atoms with Crippen LogP contribution in [0.2, 0.25) is 0 Å². The molecule has 0 aliphatic rings. The number of aromatic nitrogens is 4. The van der Waals surface area contributed by atoms with E-state index in [-0.39, 0.29) is 35.3 Å². The molecule has 4 heteroatoms. The second-order valence-electron chi connectivity index (χ2n) is 24.2. The van der Waals surface area contributed by atoms with Gasteiger partial charge in [-0.1, -0.05) is 175 Å². The average Bonchev–Trinajstić information content (AvgIpc) is 0.786. The maximum Gasteiger partial charge on any atom is 0.212 e. The molecule has 0 atom stereocenters. The Bertz CT molecular complexity index is 4880. The number of pyridine rings is 4. The van der Waals surface area contributed by atoms with E-state index in [0.717, 1.165) is 39.2 Å². The van der Waals surface area contributed by atoms with Crippen LogP contribution in [0.25, 0.3) is 89.5 Å². The lowest BCUT2D eigenvalue weighted by molar-refractivity contribution is -0.660. The number of hydrogen-bond acceptors (Lipinski definition) is 0. The van der Waals surface area contributed by atoms with Crippen LogP contribution in [0, 0.1) is 96.7 Å². The van der Waals surface area contributed by atoms with Crippen LogP contribution < -0.4 is 18.3 Å². The molecule has 0 amide bonds. The van der Waals surface area contributed by atoms with E-state index < -0.39 is 20.6 Å². The second kappa shape index (κ2) is 33.3. The van der Waals surface area contributed by atoms with Crippen molar-refractivity contribution in [3.8, 4) is 89.5 Å². The molecule has 0 aliphatic heterocycles. The van der Waals surface area contributed by atoms with Gasteiger partial charge in [0.2, 0.25) is 22.8 Å². The molecule has 484 valence electrons. The molecule has 0 radical (unpaired) electrons. The second-order valence-corrected chi connectivity index (χ2v) is 24.2. The van der Waals surface area contributed by atoms with Crippen molar-refractivity contribution in [3.05, 3.63) is 309 Å². The minimum Gasteiger partial charge on any atom is -0.201 e. The molecule has 94 heavy (non-hydrogen) atoms. The first-order valence-electron chi connectivity index (χ1n) is 35.4. The fraction of sp³-hybridized carbons (Fsp3) is 0.244. The van der Waals surface area contributed by atoms with E-state index in [1.807, 2.05) is 74.0 Å². The Morgan fingerprint density at radius 1 is 0.213 bits per heavy atom. The highest BCUT2D eigenvalue weighted by atomic mass is 14.9. The van der Waals surface area contributed by atoms with Gasteiger partial charge in [-0.25, -0.2) is 18.3 Å². The van der Waals surface area contributed by atoms with Crippen LogP contribution in [0.3, 0.4) is 0 Å². The fourth-order valence-electron chi connectivity index (χ4n) is 12.0. The van der Waals surface area contributed by atoms with Crippen molar-refractivity contribution in [1.82, 2.24) is 0 Å². The third-order valence-corrected chi connectivity index (χ3v) is 17.2. The maximum absolute atomic E-state index is 7.94. The Morgan fingerprint density at radius 3 is 0.872 bits per heavy atom. The van der Waals surface area contributed by atoms with Gasteiger partial charge in [0.25, 0.3) is 0 Å². The van der Waals surface area contributed by atoms with Crippen molar-refractivity contribution in [3.63, 3.8) is 0 Å². The third kappa shape index (κ3) is 17.5. The van der Waals surface area contributed by atoms with Crippen molar-refractivity contribution in [2.24, 2.45) is 28.2 Å². The monoisotopic (exact) mass is 1250 g/mol. The fourth-order valence-corrected chi connectivity index (χ4v) is 12.0. The van der Waals surface area contributed by atoms with E-state index in [4.69, 9.17) is 12.3 Å². The highest BCUT2D eigenvalue weighted by molar-refractivity contribution is 5.79. The van der Waals surface area contributed by atoms with Gasteiger partial charge in [-0.3, -0.25) is 0 Å². The molecule has 12 aromatic rings. The summed E-state index contributed by atoms with van der Waals surface area (Å²) in [6, 6.07) is 70.3. The number of nitrogens with zero attached hydrogens (tertiary/aromatic N) is 4. The normalized spacial score (nSPS) is 12.1. The topological polar surface area (TPSA) is 15.5 Å². The largest absolute Gasteiger partial charge is 0.212 e. The van der Waals surface area contributed by atoms with Crippen LogP contribution in [0.15, 0.2) is 231 Å². The molecule has 4 aromatic heterocycles. The van der Waals surface area contributed by atoms with Crippen molar-refractivity contribution in [2.45, 2.75) is 126 Å². The predicted molar refractivity (Wildman–Crippen MR) is 407 cm³/mol. The first-order valence-corrected chi connectivity index (χ1v) is 30.9. The zero-order chi connectivity index (χ0) is 72.0. The van der Waals surface area contributed by atoms with Crippen molar-refractivity contribution >= 4 is 0 Å². The minimum absolute atomic E-state index is 0. The van der Waals surface area contributed by atoms with E-state index in [0.29, 0.717) is 16.7 Å². The van der Waals surface area contributed by atoms with Gasteiger partial charge in [-0.05, 0) is 233 Å². The summed E-state index contributed by atoms with van der Waals surface area (Å²) in [5.41, 5.74) is 32.2. The molecule has 0 unspecified atom stereocenters. The lowest BCUT2D eigenvalue weighted by atomic mass is 9.93. The lowest BCUT2D eigenvalue weighted by Crippen LogP contribution is -2.31. The van der Waals surface area contributed by atoms with Crippen LogP contribution in [0.1, 0.15) is 120 Å². The SMILES string of the molecule is C.C.C.C.Cc1cc(-c2cc(C)c(-c3ccccc3)cc2C)[n+](C)cc1C.Cc1ccc(-c2cc(-c3ccccc3)c(C)cc2C)[n+](C)c1.[2H]C([2H])([2H])c1c[n+](C)c(-c2cc(C)c(-c3ccccc3)cc2C)cc1C.[2H]C([2H])([2H])c1ccc(-c2cc(-c3ccccc3)c(C([2H])([2H])[2H])cc2C)[n+](C)c1. The minimum atomic E-state index is -2.23. The van der Waals surface area contributed by atoms with E-state index >= 15 is 0 Å². The van der Waals surface area contributed by atoms with E-state index in [1.54, 1.807) is 42.2 Å². The molecule has 0 saturated heterocycles. The van der Waals surface area contributed by atoms with E-state index in [9.17, 15) is 0 Å². The molecule has 4 heterocycles. The molecule has 0 saturated carbocycles. The summed E-state index contributed by atoms with van der Waals surface area (Å²) in [4.78, 5) is 0. The summed E-state index contributed by atoms with van der Waals surface area (Å²) in [7, 11) is 7.94. The Balaban J connectivity index is 0.000000245. The summed E-state index contributed by atoms with van der Waals surface area (Å²) >= 11 is 0. The lowest BCUT2D eigenvalue weighted by Gasteiger charge is -2.12. The van der Waals surface area contributed by atoms with Gasteiger partial charge in [0.05, 0.1) is 0 Å². The molecule has 0 aliphatic carbocycles. The maximum atomic E-state index is 7.94. The smallest absolute Gasteiger partial charge is 0.201 e. The van der Waals surface area contributed by atoms with Gasteiger partial charge in [-0.15, -0.1) is 0 Å². The van der Waals surface area contributed by atoms with Gasteiger partial charge in [0.1, 0.15) is 28.2 Å². The average molecular weight is 1250 g/mol. The zero-order valence-corrected chi connectivity index (χ0v) is 55.2. The predicted octanol–water partition coefficient (Wildman–Crippen LogP) is 22.2. The Kier molecular flexibility index (Phi) is 21.9. The molecular weight excluding hydrogens is 1140 g/mol.